The zero-order valence-corrected chi connectivity index (χ0v) is 17.8. The quantitative estimate of drug-likeness (QED) is 0.560. The predicted octanol–water partition coefficient (Wildman–Crippen LogP) is 3.97. The summed E-state index contributed by atoms with van der Waals surface area (Å²) in [6.45, 7) is 11.6. The lowest BCUT2D eigenvalue weighted by Gasteiger charge is -2.39. The van der Waals surface area contributed by atoms with Crippen LogP contribution in [0.1, 0.15) is 26.3 Å². The van der Waals surface area contributed by atoms with Crippen LogP contribution >= 0.6 is 0 Å². The molecule has 0 radical (unpaired) electrons. The monoisotopic (exact) mass is 393 g/mol. The first-order chi connectivity index (χ1) is 12.6. The summed E-state index contributed by atoms with van der Waals surface area (Å²) in [5, 5.41) is 0.0702. The van der Waals surface area contributed by atoms with E-state index in [9.17, 15) is 4.79 Å². The third kappa shape index (κ3) is 6.46. The number of rotatable bonds is 7. The molecule has 1 amide bonds. The van der Waals surface area contributed by atoms with Gasteiger partial charge in [0.25, 0.3) is 0 Å². The van der Waals surface area contributed by atoms with Gasteiger partial charge >= 0.3 is 6.09 Å². The molecule has 3 atom stereocenters. The van der Waals surface area contributed by atoms with Gasteiger partial charge in [-0.3, -0.25) is 0 Å². The summed E-state index contributed by atoms with van der Waals surface area (Å²) in [4.78, 5) is 11.2. The van der Waals surface area contributed by atoms with Crippen molar-refractivity contribution < 1.29 is 23.4 Å². The van der Waals surface area contributed by atoms with Crippen LogP contribution in [0.4, 0.5) is 4.79 Å². The van der Waals surface area contributed by atoms with Crippen molar-refractivity contribution in [2.24, 2.45) is 5.73 Å². The van der Waals surface area contributed by atoms with Gasteiger partial charge in [0.05, 0.1) is 13.2 Å². The molecule has 0 spiro atoms. The summed E-state index contributed by atoms with van der Waals surface area (Å²) in [5.41, 5.74) is 6.25. The van der Waals surface area contributed by atoms with Crippen LogP contribution in [0.15, 0.2) is 42.5 Å². The third-order valence-corrected chi connectivity index (χ3v) is 9.56. The molecule has 2 N–H and O–H groups in total. The normalized spacial score (nSPS) is 23.2. The smallest absolute Gasteiger partial charge is 0.405 e. The van der Waals surface area contributed by atoms with E-state index < -0.39 is 32.9 Å². The Morgan fingerprint density at radius 3 is 2.44 bits per heavy atom. The number of nitrogens with two attached hydrogens (primary N) is 1. The lowest BCUT2D eigenvalue weighted by molar-refractivity contribution is -0.183. The Morgan fingerprint density at radius 1 is 1.19 bits per heavy atom. The Balaban J connectivity index is 2.00. The Bertz CT molecular complexity index is 642. The minimum absolute atomic E-state index is 0.0702. The maximum absolute atomic E-state index is 11.2. The molecular formula is C20H31NO5Si. The van der Waals surface area contributed by atoms with Crippen LogP contribution in [0.3, 0.4) is 0 Å². The van der Waals surface area contributed by atoms with Crippen molar-refractivity contribution in [2.45, 2.75) is 64.0 Å². The van der Waals surface area contributed by atoms with Crippen molar-refractivity contribution in [1.29, 1.82) is 0 Å². The molecule has 0 aromatic heterocycles. The lowest BCUT2D eigenvalue weighted by atomic mass is 10.1. The number of hydrogen-bond donors (Lipinski definition) is 1. The second-order valence-corrected chi connectivity index (χ2v) is 13.0. The van der Waals surface area contributed by atoms with Gasteiger partial charge in [-0.2, -0.15) is 0 Å². The standard InChI is InChI=1S/C20H31NO5Si/c1-20(2,3)27(4,5)24-14-17-16(26-19(21)22)11-12-18(25-17)23-13-15-9-7-6-8-10-15/h6-12,16-18H,13-14H2,1-5H3,(H2,21,22)/t16-,17+,18-/m0/s1. The molecule has 1 aliphatic rings. The molecule has 150 valence electrons. The van der Waals surface area contributed by atoms with Gasteiger partial charge in [0.15, 0.2) is 20.7 Å². The summed E-state index contributed by atoms with van der Waals surface area (Å²) < 4.78 is 23.2. The zero-order valence-electron chi connectivity index (χ0n) is 16.8. The van der Waals surface area contributed by atoms with Gasteiger partial charge in [-0.25, -0.2) is 4.79 Å². The van der Waals surface area contributed by atoms with Gasteiger partial charge in [-0.05, 0) is 35.8 Å². The van der Waals surface area contributed by atoms with E-state index in [0.29, 0.717) is 13.2 Å². The van der Waals surface area contributed by atoms with E-state index in [0.717, 1.165) is 5.56 Å². The van der Waals surface area contributed by atoms with Crippen LogP contribution in [0.5, 0.6) is 0 Å². The van der Waals surface area contributed by atoms with Gasteiger partial charge in [-0.15, -0.1) is 0 Å². The van der Waals surface area contributed by atoms with Gasteiger partial charge in [0.1, 0.15) is 6.10 Å². The van der Waals surface area contributed by atoms with E-state index in [1.54, 1.807) is 12.2 Å². The predicted molar refractivity (Wildman–Crippen MR) is 107 cm³/mol. The number of ether oxygens (including phenoxy) is 3. The Kier molecular flexibility index (Phi) is 7.22. The van der Waals surface area contributed by atoms with Crippen molar-refractivity contribution in [3.05, 3.63) is 48.0 Å². The van der Waals surface area contributed by atoms with Crippen molar-refractivity contribution in [2.75, 3.05) is 6.61 Å². The summed E-state index contributed by atoms with van der Waals surface area (Å²) in [6.07, 6.45) is 1.05. The molecule has 0 saturated heterocycles. The second-order valence-electron chi connectivity index (χ2n) is 8.20. The van der Waals surface area contributed by atoms with Crippen LogP contribution in [0, 0.1) is 0 Å². The summed E-state index contributed by atoms with van der Waals surface area (Å²) in [5.74, 6) is 0. The Morgan fingerprint density at radius 2 is 1.85 bits per heavy atom. The molecule has 1 aromatic rings. The molecule has 7 heteroatoms. The van der Waals surface area contributed by atoms with E-state index in [4.69, 9.17) is 24.4 Å². The zero-order chi connectivity index (χ0) is 20.1. The molecule has 6 nitrogen and oxygen atoms in total. The largest absolute Gasteiger partial charge is 0.439 e. The van der Waals surface area contributed by atoms with Crippen molar-refractivity contribution >= 4 is 14.4 Å². The highest BCUT2D eigenvalue weighted by Crippen LogP contribution is 2.37. The van der Waals surface area contributed by atoms with Crippen molar-refractivity contribution in [1.82, 2.24) is 0 Å². The Hall–Kier alpha value is -1.67. The van der Waals surface area contributed by atoms with E-state index in [1.165, 1.54) is 0 Å². The lowest BCUT2D eigenvalue weighted by Crippen LogP contribution is -2.48. The van der Waals surface area contributed by atoms with Crippen LogP contribution < -0.4 is 5.73 Å². The molecule has 0 aliphatic carbocycles. The van der Waals surface area contributed by atoms with E-state index >= 15 is 0 Å². The first-order valence-corrected chi connectivity index (χ1v) is 12.1. The number of primary amides is 1. The minimum Gasteiger partial charge on any atom is -0.439 e. The molecular weight excluding hydrogens is 362 g/mol. The molecule has 1 aromatic carbocycles. The highest BCUT2D eigenvalue weighted by atomic mass is 28.4. The number of carbonyl (C=O) groups excluding carboxylic acids is 1. The van der Waals surface area contributed by atoms with Crippen molar-refractivity contribution in [3.63, 3.8) is 0 Å². The first-order valence-electron chi connectivity index (χ1n) is 9.18. The van der Waals surface area contributed by atoms with Gasteiger partial charge in [0, 0.05) is 0 Å². The van der Waals surface area contributed by atoms with Crippen LogP contribution in [0.2, 0.25) is 18.1 Å². The summed E-state index contributed by atoms with van der Waals surface area (Å²) >= 11 is 0. The third-order valence-electron chi connectivity index (χ3n) is 5.06. The highest BCUT2D eigenvalue weighted by Gasteiger charge is 2.39. The molecule has 0 unspecified atom stereocenters. The van der Waals surface area contributed by atoms with E-state index in [-0.39, 0.29) is 5.04 Å². The average Bonchev–Trinajstić information content (AvgIpc) is 2.59. The molecule has 2 rings (SSSR count). The molecule has 0 bridgehead atoms. The molecule has 1 heterocycles. The topological polar surface area (TPSA) is 80.0 Å². The summed E-state index contributed by atoms with van der Waals surface area (Å²) in [7, 11) is -1.97. The summed E-state index contributed by atoms with van der Waals surface area (Å²) in [6, 6.07) is 9.86. The van der Waals surface area contributed by atoms with Gasteiger partial charge < -0.3 is 24.4 Å². The second kappa shape index (κ2) is 9.01. The molecule has 0 fully saturated rings. The minimum atomic E-state index is -1.97. The fraction of sp³-hybridized carbons (Fsp3) is 0.550. The van der Waals surface area contributed by atoms with E-state index in [1.807, 2.05) is 30.3 Å². The maximum Gasteiger partial charge on any atom is 0.405 e. The fourth-order valence-electron chi connectivity index (χ4n) is 2.36. The fourth-order valence-corrected chi connectivity index (χ4v) is 3.37. The first kappa shape index (κ1) is 21.6. The van der Waals surface area contributed by atoms with Crippen LogP contribution in [-0.2, 0) is 25.2 Å². The molecule has 0 saturated carbocycles. The molecule has 27 heavy (non-hydrogen) atoms. The maximum atomic E-state index is 11.2. The number of carbonyl (C=O) groups is 1. The number of amides is 1. The van der Waals surface area contributed by atoms with E-state index in [2.05, 4.69) is 33.9 Å². The van der Waals surface area contributed by atoms with Crippen LogP contribution in [-0.4, -0.2) is 39.5 Å². The highest BCUT2D eigenvalue weighted by molar-refractivity contribution is 6.74. The van der Waals surface area contributed by atoms with Crippen molar-refractivity contribution in [3.8, 4) is 0 Å². The van der Waals surface area contributed by atoms with Crippen LogP contribution in [0.25, 0.3) is 0 Å². The van der Waals surface area contributed by atoms with Gasteiger partial charge in [-0.1, -0.05) is 51.1 Å². The number of benzene rings is 1. The molecule has 1 aliphatic heterocycles. The van der Waals surface area contributed by atoms with Gasteiger partial charge in [0.2, 0.25) is 0 Å². The average molecular weight is 394 g/mol. The number of hydrogen-bond acceptors (Lipinski definition) is 5. The Labute approximate surface area is 162 Å². The SMILES string of the molecule is CC(C)(C)[Si](C)(C)OC[C@H]1O[C@H](OCc2ccccc2)C=C[C@@H]1OC(N)=O.